The molecule has 0 spiro atoms. The number of benzene rings is 1. The summed E-state index contributed by atoms with van der Waals surface area (Å²) in [5.74, 6) is 1.47. The minimum Gasteiger partial charge on any atom is -0.340 e. The highest BCUT2D eigenvalue weighted by Gasteiger charge is 2.08. The number of aromatic nitrogens is 2. The van der Waals surface area contributed by atoms with Gasteiger partial charge in [-0.3, -0.25) is 4.79 Å². The van der Waals surface area contributed by atoms with E-state index in [-0.39, 0.29) is 5.56 Å². The average Bonchev–Trinajstić information content (AvgIpc) is 2.57. The topological polar surface area (TPSA) is 57.8 Å². The third kappa shape index (κ3) is 5.18. The van der Waals surface area contributed by atoms with Gasteiger partial charge in [-0.1, -0.05) is 44.9 Å². The van der Waals surface area contributed by atoms with Crippen molar-refractivity contribution in [2.75, 3.05) is 5.32 Å². The lowest BCUT2D eigenvalue weighted by Gasteiger charge is -2.09. The van der Waals surface area contributed by atoms with Gasteiger partial charge in [-0.05, 0) is 49.4 Å². The summed E-state index contributed by atoms with van der Waals surface area (Å²) in [5, 5.41) is 4.69. The molecule has 0 amide bonds. The molecule has 3 rings (SSSR count). The van der Waals surface area contributed by atoms with Gasteiger partial charge in [0.1, 0.15) is 5.82 Å². The fraction of sp³-hybridized carbons (Fsp3) is 0.333. The Morgan fingerprint density at radius 1 is 1.12 bits per heavy atom. The fourth-order valence-corrected chi connectivity index (χ4v) is 2.21. The molecule has 0 atom stereocenters. The number of fused-ring (bicyclic) bond motifs is 1. The molecule has 0 aliphatic heterocycles. The molecular weight excluding hydrogens is 310 g/mol. The van der Waals surface area contributed by atoms with Crippen LogP contribution in [0.2, 0.25) is 0 Å². The third-order valence-corrected chi connectivity index (χ3v) is 4.01. The van der Waals surface area contributed by atoms with Crippen molar-refractivity contribution in [1.29, 1.82) is 0 Å². The van der Waals surface area contributed by atoms with Gasteiger partial charge in [0.05, 0.1) is 5.39 Å². The number of aryl methyl sites for hydroxylation is 2. The Morgan fingerprint density at radius 3 is 2.36 bits per heavy atom. The van der Waals surface area contributed by atoms with E-state index in [0.29, 0.717) is 11.2 Å². The Hall–Kier alpha value is -2.62. The normalized spacial score (nSPS) is 10.5. The Bertz CT molecular complexity index is 880. The highest BCUT2D eigenvalue weighted by Crippen LogP contribution is 2.22. The molecule has 0 aliphatic rings. The molecule has 0 saturated heterocycles. The van der Waals surface area contributed by atoms with Crippen LogP contribution in [0, 0.1) is 19.8 Å². The van der Waals surface area contributed by atoms with E-state index in [2.05, 4.69) is 36.1 Å². The summed E-state index contributed by atoms with van der Waals surface area (Å²) in [6.07, 6.45) is 2.96. The number of nitrogens with zero attached hydrogens (tertiary/aromatic N) is 1. The molecule has 25 heavy (non-hydrogen) atoms. The first-order chi connectivity index (χ1) is 11.9. The Kier molecular flexibility index (Phi) is 6.34. The van der Waals surface area contributed by atoms with E-state index in [4.69, 9.17) is 0 Å². The van der Waals surface area contributed by atoms with Crippen LogP contribution in [0.3, 0.4) is 0 Å². The zero-order valence-electron chi connectivity index (χ0n) is 15.7. The zero-order valence-corrected chi connectivity index (χ0v) is 15.7. The van der Waals surface area contributed by atoms with Crippen LogP contribution >= 0.6 is 0 Å². The Labute approximate surface area is 149 Å². The molecule has 2 N–H and O–H groups in total. The number of hydrogen-bond acceptors (Lipinski definition) is 3. The highest BCUT2D eigenvalue weighted by atomic mass is 16.1. The molecule has 0 aliphatic carbocycles. The number of H-pyrrole nitrogens is 1. The zero-order chi connectivity index (χ0) is 18.4. The maximum atomic E-state index is 12.0. The molecule has 0 radical (unpaired) electrons. The van der Waals surface area contributed by atoms with Gasteiger partial charge in [-0.25, -0.2) is 4.98 Å². The summed E-state index contributed by atoms with van der Waals surface area (Å²) in [5.41, 5.74) is 2.84. The molecule has 2 heterocycles. The van der Waals surface area contributed by atoms with Gasteiger partial charge in [-0.2, -0.15) is 0 Å². The molecule has 0 fully saturated rings. The van der Waals surface area contributed by atoms with Gasteiger partial charge in [0.2, 0.25) is 0 Å². The second-order valence-electron chi connectivity index (χ2n) is 6.68. The van der Waals surface area contributed by atoms with Crippen LogP contribution in [0.5, 0.6) is 0 Å². The van der Waals surface area contributed by atoms with Crippen LogP contribution in [0.4, 0.5) is 11.5 Å². The number of nitrogens with one attached hydrogen (secondary N) is 2. The summed E-state index contributed by atoms with van der Waals surface area (Å²) in [6.45, 7) is 10.6. The van der Waals surface area contributed by atoms with Crippen molar-refractivity contribution in [2.24, 2.45) is 5.92 Å². The first-order valence-corrected chi connectivity index (χ1v) is 8.73. The maximum Gasteiger partial charge on any atom is 0.259 e. The largest absolute Gasteiger partial charge is 0.340 e. The third-order valence-electron chi connectivity index (χ3n) is 4.01. The minimum absolute atomic E-state index is 0.135. The second kappa shape index (κ2) is 8.47. The SMILES string of the molecule is CCC(C)C.Cc1ccc(Nc2nc(C)cc3cc[nH]c(=O)c23)cc1. The first kappa shape index (κ1) is 18.7. The summed E-state index contributed by atoms with van der Waals surface area (Å²) >= 11 is 0. The van der Waals surface area contributed by atoms with Gasteiger partial charge >= 0.3 is 0 Å². The van der Waals surface area contributed by atoms with Crippen molar-refractivity contribution < 1.29 is 0 Å². The lowest BCUT2D eigenvalue weighted by molar-refractivity contribution is 0.626. The van der Waals surface area contributed by atoms with Crippen molar-refractivity contribution in [3.05, 3.63) is 64.2 Å². The van der Waals surface area contributed by atoms with Crippen LogP contribution in [0.1, 0.15) is 38.4 Å². The predicted molar refractivity (Wildman–Crippen MR) is 107 cm³/mol. The van der Waals surface area contributed by atoms with E-state index >= 15 is 0 Å². The van der Waals surface area contributed by atoms with Crippen molar-refractivity contribution in [3.63, 3.8) is 0 Å². The molecule has 4 heteroatoms. The summed E-state index contributed by atoms with van der Waals surface area (Å²) in [7, 11) is 0. The average molecular weight is 337 g/mol. The van der Waals surface area contributed by atoms with E-state index in [9.17, 15) is 4.79 Å². The number of aromatic amines is 1. The molecule has 132 valence electrons. The van der Waals surface area contributed by atoms with E-state index in [1.54, 1.807) is 6.20 Å². The molecule has 0 saturated carbocycles. The van der Waals surface area contributed by atoms with Crippen LogP contribution in [0.25, 0.3) is 10.8 Å². The van der Waals surface area contributed by atoms with Crippen molar-refractivity contribution in [3.8, 4) is 0 Å². The van der Waals surface area contributed by atoms with Crippen molar-refractivity contribution >= 4 is 22.3 Å². The van der Waals surface area contributed by atoms with Gasteiger partial charge < -0.3 is 10.3 Å². The molecular formula is C21H27N3O. The standard InChI is InChI=1S/C16H15N3O.C5H12/c1-10-3-5-13(6-4-10)19-15-14-12(9-11(2)18-15)7-8-17-16(14)20;1-4-5(2)3/h3-9H,1-2H3,(H,17,20)(H,18,19);5H,4H2,1-3H3. The summed E-state index contributed by atoms with van der Waals surface area (Å²) in [4.78, 5) is 19.2. The fourth-order valence-electron chi connectivity index (χ4n) is 2.21. The Balaban J connectivity index is 0.000000399. The first-order valence-electron chi connectivity index (χ1n) is 8.73. The molecule has 1 aromatic carbocycles. The quantitative estimate of drug-likeness (QED) is 0.678. The molecule has 2 aromatic heterocycles. The van der Waals surface area contributed by atoms with Crippen molar-refractivity contribution in [2.45, 2.75) is 41.0 Å². The van der Waals surface area contributed by atoms with E-state index in [1.807, 2.05) is 50.2 Å². The molecule has 0 bridgehead atoms. The van der Waals surface area contributed by atoms with Crippen LogP contribution in [-0.2, 0) is 0 Å². The predicted octanol–water partition coefficient (Wildman–Crippen LogP) is 5.34. The number of rotatable bonds is 3. The summed E-state index contributed by atoms with van der Waals surface area (Å²) < 4.78 is 0. The van der Waals surface area contributed by atoms with Gasteiger partial charge in [-0.15, -0.1) is 0 Å². The molecule has 3 aromatic rings. The van der Waals surface area contributed by atoms with Gasteiger partial charge in [0.25, 0.3) is 5.56 Å². The van der Waals surface area contributed by atoms with Crippen molar-refractivity contribution in [1.82, 2.24) is 9.97 Å². The number of hydrogen-bond donors (Lipinski definition) is 2. The Morgan fingerprint density at radius 2 is 1.76 bits per heavy atom. The van der Waals surface area contributed by atoms with E-state index in [0.717, 1.165) is 22.7 Å². The number of anilines is 2. The lowest BCUT2D eigenvalue weighted by Crippen LogP contribution is -2.09. The van der Waals surface area contributed by atoms with Gasteiger partial charge in [0.15, 0.2) is 0 Å². The minimum atomic E-state index is -0.135. The monoisotopic (exact) mass is 337 g/mol. The molecule has 0 unspecified atom stereocenters. The second-order valence-corrected chi connectivity index (χ2v) is 6.68. The van der Waals surface area contributed by atoms with E-state index < -0.39 is 0 Å². The summed E-state index contributed by atoms with van der Waals surface area (Å²) in [6, 6.07) is 11.8. The number of pyridine rings is 2. The van der Waals surface area contributed by atoms with Gasteiger partial charge in [0, 0.05) is 17.6 Å². The lowest BCUT2D eigenvalue weighted by atomic mass is 10.1. The van der Waals surface area contributed by atoms with Crippen LogP contribution in [0.15, 0.2) is 47.4 Å². The van der Waals surface area contributed by atoms with Crippen LogP contribution in [-0.4, -0.2) is 9.97 Å². The maximum absolute atomic E-state index is 12.0. The smallest absolute Gasteiger partial charge is 0.259 e. The molecule has 4 nitrogen and oxygen atoms in total. The van der Waals surface area contributed by atoms with Crippen LogP contribution < -0.4 is 10.9 Å². The van der Waals surface area contributed by atoms with E-state index in [1.165, 1.54) is 12.0 Å². The highest BCUT2D eigenvalue weighted by molar-refractivity contribution is 5.92.